The van der Waals surface area contributed by atoms with Gasteiger partial charge in [0.05, 0.1) is 12.2 Å². The predicted molar refractivity (Wildman–Crippen MR) is 116 cm³/mol. The summed E-state index contributed by atoms with van der Waals surface area (Å²) in [6.45, 7) is 17.4. The molecular weight excluding hydrogens is 334 g/mol. The van der Waals surface area contributed by atoms with Crippen molar-refractivity contribution in [3.63, 3.8) is 0 Å². The topological polar surface area (TPSA) is 27.7 Å². The van der Waals surface area contributed by atoms with Crippen molar-refractivity contribution >= 4 is 0 Å². The van der Waals surface area contributed by atoms with Crippen LogP contribution in [0.5, 0.6) is 0 Å². The van der Waals surface area contributed by atoms with Crippen molar-refractivity contribution < 1.29 is 4.74 Å². The van der Waals surface area contributed by atoms with Crippen LogP contribution in [0.3, 0.4) is 0 Å². The Balaban J connectivity index is 0.00000126. The molecule has 0 spiro atoms. The van der Waals surface area contributed by atoms with Gasteiger partial charge in [0, 0.05) is 32.2 Å². The van der Waals surface area contributed by atoms with Gasteiger partial charge in [-0.25, -0.2) is 0 Å². The zero-order valence-electron chi connectivity index (χ0n) is 18.7. The van der Waals surface area contributed by atoms with E-state index in [0.717, 1.165) is 25.0 Å². The van der Waals surface area contributed by atoms with Crippen molar-refractivity contribution in [2.45, 2.75) is 97.3 Å². The minimum atomic E-state index is 0.528. The molecule has 160 valence electrons. The summed E-state index contributed by atoms with van der Waals surface area (Å²) in [5.41, 5.74) is 0. The predicted octanol–water partition coefficient (Wildman–Crippen LogP) is 4.15. The average molecular weight is 382 g/mol. The Morgan fingerprint density at radius 3 is 2.22 bits per heavy atom. The van der Waals surface area contributed by atoms with Crippen LogP contribution in [0.25, 0.3) is 0 Å². The number of rotatable bonds is 7. The third-order valence-electron chi connectivity index (χ3n) is 6.63. The number of unbranched alkanes of at least 4 members (excludes halogenated alkanes) is 1. The highest BCUT2D eigenvalue weighted by molar-refractivity contribution is 4.83. The van der Waals surface area contributed by atoms with Gasteiger partial charge < -0.3 is 15.0 Å². The zero-order valence-corrected chi connectivity index (χ0v) is 18.7. The normalized spacial score (nSPS) is 31.3. The van der Waals surface area contributed by atoms with Gasteiger partial charge in [-0.1, -0.05) is 27.2 Å². The highest BCUT2D eigenvalue weighted by Crippen LogP contribution is 2.29. The molecule has 1 saturated carbocycles. The van der Waals surface area contributed by atoms with E-state index in [9.17, 15) is 0 Å². The van der Waals surface area contributed by atoms with Gasteiger partial charge in [-0.15, -0.1) is 0 Å². The molecule has 4 nitrogen and oxygen atoms in total. The minimum Gasteiger partial charge on any atom is -0.375 e. The lowest BCUT2D eigenvalue weighted by Gasteiger charge is -2.42. The van der Waals surface area contributed by atoms with Gasteiger partial charge in [0.2, 0.25) is 0 Å². The van der Waals surface area contributed by atoms with Gasteiger partial charge >= 0.3 is 0 Å². The lowest BCUT2D eigenvalue weighted by atomic mass is 9.86. The van der Waals surface area contributed by atoms with E-state index in [2.05, 4.69) is 29.0 Å². The van der Waals surface area contributed by atoms with Crippen LogP contribution < -0.4 is 5.32 Å². The Hall–Kier alpha value is -0.160. The Kier molecular flexibility index (Phi) is 11.2. The standard InChI is InChI=1S/C21H41N3O.C2H6/c1-3-4-13-24-15-14-23(16-18(24)2)17-19-5-7-20(8-6-19)25-21-9-11-22-12-10-21;1-2/h18-22H,3-17H2,1-2H3;1-2H3. The maximum atomic E-state index is 6.38. The fraction of sp³-hybridized carbons (Fsp3) is 1.00. The third-order valence-corrected chi connectivity index (χ3v) is 6.63. The highest BCUT2D eigenvalue weighted by atomic mass is 16.5. The number of ether oxygens (including phenoxy) is 1. The quantitative estimate of drug-likeness (QED) is 0.717. The fourth-order valence-electron chi connectivity index (χ4n) is 4.95. The summed E-state index contributed by atoms with van der Waals surface area (Å²) < 4.78 is 6.38. The van der Waals surface area contributed by atoms with Crippen molar-refractivity contribution in [1.29, 1.82) is 0 Å². The molecule has 1 unspecified atom stereocenters. The molecule has 2 heterocycles. The van der Waals surface area contributed by atoms with Crippen molar-refractivity contribution in [3.8, 4) is 0 Å². The molecule has 2 aliphatic heterocycles. The zero-order chi connectivity index (χ0) is 19.5. The molecule has 0 aromatic carbocycles. The molecule has 3 aliphatic rings. The molecule has 2 saturated heterocycles. The maximum absolute atomic E-state index is 6.38. The van der Waals surface area contributed by atoms with Crippen molar-refractivity contribution in [1.82, 2.24) is 15.1 Å². The summed E-state index contributed by atoms with van der Waals surface area (Å²) in [5, 5.41) is 3.43. The van der Waals surface area contributed by atoms with Gasteiger partial charge in [0.15, 0.2) is 0 Å². The van der Waals surface area contributed by atoms with E-state index in [-0.39, 0.29) is 0 Å². The molecule has 0 bridgehead atoms. The molecule has 3 rings (SSSR count). The Morgan fingerprint density at radius 1 is 0.926 bits per heavy atom. The highest BCUT2D eigenvalue weighted by Gasteiger charge is 2.28. The van der Waals surface area contributed by atoms with E-state index < -0.39 is 0 Å². The first-order valence-corrected chi connectivity index (χ1v) is 12.1. The molecule has 4 heteroatoms. The van der Waals surface area contributed by atoms with Crippen LogP contribution in [0, 0.1) is 5.92 Å². The monoisotopic (exact) mass is 381 g/mol. The summed E-state index contributed by atoms with van der Waals surface area (Å²) in [4.78, 5) is 5.44. The molecular formula is C23H47N3O. The smallest absolute Gasteiger partial charge is 0.0603 e. The number of hydrogen-bond acceptors (Lipinski definition) is 4. The van der Waals surface area contributed by atoms with Crippen molar-refractivity contribution in [2.75, 3.05) is 45.8 Å². The number of nitrogens with zero attached hydrogens (tertiary/aromatic N) is 2. The lowest BCUT2D eigenvalue weighted by molar-refractivity contribution is -0.0508. The second-order valence-corrected chi connectivity index (χ2v) is 8.73. The summed E-state index contributed by atoms with van der Waals surface area (Å²) in [7, 11) is 0. The summed E-state index contributed by atoms with van der Waals surface area (Å²) in [6, 6.07) is 0.736. The van der Waals surface area contributed by atoms with E-state index in [1.165, 1.54) is 84.1 Å². The van der Waals surface area contributed by atoms with Crippen molar-refractivity contribution in [3.05, 3.63) is 0 Å². The van der Waals surface area contributed by atoms with E-state index in [4.69, 9.17) is 4.74 Å². The number of nitrogens with one attached hydrogen (secondary N) is 1. The SMILES string of the molecule is CC.CCCCN1CCN(CC2CCC(OC3CCNCC3)CC2)CC1C. The van der Waals surface area contributed by atoms with Crippen LogP contribution >= 0.6 is 0 Å². The number of hydrogen-bond donors (Lipinski definition) is 1. The first kappa shape index (κ1) is 23.1. The molecule has 3 fully saturated rings. The van der Waals surface area contributed by atoms with Crippen LogP contribution in [-0.4, -0.2) is 73.9 Å². The Morgan fingerprint density at radius 2 is 1.59 bits per heavy atom. The first-order chi connectivity index (χ1) is 13.2. The number of piperidine rings is 1. The van der Waals surface area contributed by atoms with Crippen LogP contribution in [0.1, 0.15) is 79.1 Å². The summed E-state index contributed by atoms with van der Waals surface area (Å²) >= 11 is 0. The molecule has 0 aromatic heterocycles. The summed E-state index contributed by atoms with van der Waals surface area (Å²) in [6.07, 6.45) is 11.5. The van der Waals surface area contributed by atoms with Crippen LogP contribution in [0.2, 0.25) is 0 Å². The molecule has 0 amide bonds. The number of piperazine rings is 1. The average Bonchev–Trinajstić information content (AvgIpc) is 2.71. The van der Waals surface area contributed by atoms with E-state index in [0.29, 0.717) is 12.2 Å². The van der Waals surface area contributed by atoms with Crippen molar-refractivity contribution in [2.24, 2.45) is 5.92 Å². The summed E-state index contributed by atoms with van der Waals surface area (Å²) in [5.74, 6) is 0.905. The van der Waals surface area contributed by atoms with Gasteiger partial charge in [-0.3, -0.25) is 4.90 Å². The molecule has 0 radical (unpaired) electrons. The van der Waals surface area contributed by atoms with Crippen LogP contribution in [-0.2, 0) is 4.74 Å². The molecule has 1 N–H and O–H groups in total. The lowest BCUT2D eigenvalue weighted by Crippen LogP contribution is -2.53. The second kappa shape index (κ2) is 13.1. The Labute approximate surface area is 169 Å². The van der Waals surface area contributed by atoms with Gasteiger partial charge in [0.25, 0.3) is 0 Å². The van der Waals surface area contributed by atoms with E-state index in [1.54, 1.807) is 0 Å². The Bertz CT molecular complexity index is 365. The molecule has 27 heavy (non-hydrogen) atoms. The van der Waals surface area contributed by atoms with E-state index in [1.807, 2.05) is 13.8 Å². The van der Waals surface area contributed by atoms with E-state index >= 15 is 0 Å². The molecule has 0 aromatic rings. The fourth-order valence-corrected chi connectivity index (χ4v) is 4.95. The van der Waals surface area contributed by atoms with Gasteiger partial charge in [-0.05, 0) is 77.4 Å². The molecule has 1 aliphatic carbocycles. The second-order valence-electron chi connectivity index (χ2n) is 8.73. The third kappa shape index (κ3) is 8.00. The largest absolute Gasteiger partial charge is 0.375 e. The van der Waals surface area contributed by atoms with Gasteiger partial charge in [0.1, 0.15) is 0 Å². The first-order valence-electron chi connectivity index (χ1n) is 12.1. The van der Waals surface area contributed by atoms with Gasteiger partial charge in [-0.2, -0.15) is 0 Å². The van der Waals surface area contributed by atoms with Crippen LogP contribution in [0.4, 0.5) is 0 Å². The molecule has 1 atom stereocenters. The minimum absolute atomic E-state index is 0.528. The van der Waals surface area contributed by atoms with Crippen LogP contribution in [0.15, 0.2) is 0 Å². The maximum Gasteiger partial charge on any atom is 0.0603 e.